The summed E-state index contributed by atoms with van der Waals surface area (Å²) >= 11 is 0. The number of benzene rings is 1. The average Bonchev–Trinajstić information content (AvgIpc) is 3.44. The molecule has 30 heavy (non-hydrogen) atoms. The van der Waals surface area contributed by atoms with Crippen LogP contribution in [-0.2, 0) is 27.2 Å². The first-order valence-electron chi connectivity index (χ1n) is 10.7. The van der Waals surface area contributed by atoms with E-state index in [0.717, 1.165) is 44.9 Å². The minimum absolute atomic E-state index is 0.0300. The minimum Gasteiger partial charge on any atom is -0.508 e. The SMILES string of the molecule is CC(C)(CCCCCc1cc(O)c(CCCCC2(OC=O)CC2)c(O)c1O)C(=O)O. The van der Waals surface area contributed by atoms with Gasteiger partial charge in [-0.15, -0.1) is 0 Å². The molecule has 168 valence electrons. The Balaban J connectivity index is 1.82. The van der Waals surface area contributed by atoms with Gasteiger partial charge < -0.3 is 25.2 Å². The minimum atomic E-state index is -0.811. The number of carboxylic acid groups (broad SMARTS) is 1. The lowest BCUT2D eigenvalue weighted by Gasteiger charge is -2.18. The van der Waals surface area contributed by atoms with Crippen LogP contribution in [0.25, 0.3) is 0 Å². The van der Waals surface area contributed by atoms with Gasteiger partial charge in [0.05, 0.1) is 5.41 Å². The highest BCUT2D eigenvalue weighted by Crippen LogP contribution is 2.44. The maximum absolute atomic E-state index is 11.1. The maximum Gasteiger partial charge on any atom is 0.309 e. The summed E-state index contributed by atoms with van der Waals surface area (Å²) < 4.78 is 5.11. The van der Waals surface area contributed by atoms with Crippen LogP contribution in [-0.4, -0.2) is 38.5 Å². The Bertz CT molecular complexity index is 750. The van der Waals surface area contributed by atoms with Crippen LogP contribution < -0.4 is 0 Å². The quantitative estimate of drug-likeness (QED) is 0.151. The topological polar surface area (TPSA) is 124 Å². The van der Waals surface area contributed by atoms with E-state index in [1.165, 1.54) is 6.07 Å². The summed E-state index contributed by atoms with van der Waals surface area (Å²) in [7, 11) is 0. The van der Waals surface area contributed by atoms with Crippen molar-refractivity contribution in [3.63, 3.8) is 0 Å². The summed E-state index contributed by atoms with van der Waals surface area (Å²) in [6.45, 7) is 3.90. The number of rotatable bonds is 14. The molecule has 0 saturated heterocycles. The van der Waals surface area contributed by atoms with Crippen molar-refractivity contribution in [1.29, 1.82) is 0 Å². The fourth-order valence-corrected chi connectivity index (χ4v) is 3.76. The molecule has 0 atom stereocenters. The van der Waals surface area contributed by atoms with Gasteiger partial charge in [0.15, 0.2) is 11.5 Å². The first-order chi connectivity index (χ1) is 14.1. The molecular weight excluding hydrogens is 388 g/mol. The summed E-state index contributed by atoms with van der Waals surface area (Å²) in [4.78, 5) is 21.6. The number of phenols is 3. The first kappa shape index (κ1) is 23.8. The molecule has 1 aromatic carbocycles. The van der Waals surface area contributed by atoms with E-state index in [1.807, 2.05) is 0 Å². The normalized spacial score (nSPS) is 15.0. The second-order valence-corrected chi connectivity index (χ2v) is 9.08. The second kappa shape index (κ2) is 10.0. The van der Waals surface area contributed by atoms with Crippen LogP contribution in [0.15, 0.2) is 6.07 Å². The van der Waals surface area contributed by atoms with Gasteiger partial charge in [-0.2, -0.15) is 0 Å². The molecule has 7 heteroatoms. The van der Waals surface area contributed by atoms with Crippen molar-refractivity contribution in [1.82, 2.24) is 0 Å². The van der Waals surface area contributed by atoms with Crippen LogP contribution in [0.5, 0.6) is 17.2 Å². The van der Waals surface area contributed by atoms with Gasteiger partial charge in [-0.25, -0.2) is 0 Å². The van der Waals surface area contributed by atoms with Crippen molar-refractivity contribution in [2.24, 2.45) is 5.41 Å². The zero-order valence-corrected chi connectivity index (χ0v) is 17.9. The van der Waals surface area contributed by atoms with Crippen LogP contribution in [0.1, 0.15) is 82.8 Å². The van der Waals surface area contributed by atoms with Gasteiger partial charge in [0.25, 0.3) is 6.47 Å². The van der Waals surface area contributed by atoms with Crippen LogP contribution in [0.3, 0.4) is 0 Å². The number of aliphatic carboxylic acids is 1. The molecule has 4 N–H and O–H groups in total. The number of hydrogen-bond acceptors (Lipinski definition) is 6. The zero-order valence-electron chi connectivity index (χ0n) is 17.9. The molecule has 1 fully saturated rings. The van der Waals surface area contributed by atoms with Gasteiger partial charge in [-0.05, 0) is 77.7 Å². The standard InChI is InChI=1S/C23H34O7/c1-22(2,21(28)29)10-6-3-4-8-16-14-18(25)17(20(27)19(16)26)9-5-7-11-23(12-13-23)30-15-24/h14-15,25-27H,3-13H2,1-2H3,(H,28,29). The largest absolute Gasteiger partial charge is 0.508 e. The summed E-state index contributed by atoms with van der Waals surface area (Å²) in [5.74, 6) is -1.31. The van der Waals surface area contributed by atoms with Crippen molar-refractivity contribution in [3.05, 3.63) is 17.2 Å². The molecule has 2 rings (SSSR count). The number of unbranched alkanes of at least 4 members (excludes halogenated alkanes) is 3. The van der Waals surface area contributed by atoms with Gasteiger partial charge in [0.1, 0.15) is 11.4 Å². The van der Waals surface area contributed by atoms with E-state index < -0.39 is 11.4 Å². The fraction of sp³-hybridized carbons (Fsp3) is 0.652. The molecule has 0 bridgehead atoms. The van der Waals surface area contributed by atoms with Crippen LogP contribution >= 0.6 is 0 Å². The van der Waals surface area contributed by atoms with E-state index in [0.29, 0.717) is 43.3 Å². The Morgan fingerprint density at radius 1 is 1.07 bits per heavy atom. The van der Waals surface area contributed by atoms with Crippen LogP contribution in [0, 0.1) is 5.41 Å². The number of hydrogen-bond donors (Lipinski definition) is 4. The van der Waals surface area contributed by atoms with E-state index in [-0.39, 0.29) is 22.8 Å². The van der Waals surface area contributed by atoms with Gasteiger partial charge in [0, 0.05) is 11.1 Å². The van der Waals surface area contributed by atoms with Gasteiger partial charge in [0.2, 0.25) is 0 Å². The Morgan fingerprint density at radius 3 is 2.33 bits per heavy atom. The van der Waals surface area contributed by atoms with Crippen molar-refractivity contribution >= 4 is 12.4 Å². The van der Waals surface area contributed by atoms with Crippen molar-refractivity contribution in [3.8, 4) is 17.2 Å². The predicted octanol–water partition coefficient (Wildman–Crippen LogP) is 4.44. The lowest BCUT2D eigenvalue weighted by Crippen LogP contribution is -2.23. The number of phenolic OH excluding ortho intramolecular Hbond substituents is 3. The number of carboxylic acids is 1. The molecule has 0 amide bonds. The highest BCUT2D eigenvalue weighted by Gasteiger charge is 2.44. The van der Waals surface area contributed by atoms with Gasteiger partial charge >= 0.3 is 5.97 Å². The molecule has 0 aliphatic heterocycles. The highest BCUT2D eigenvalue weighted by atomic mass is 16.5. The first-order valence-corrected chi connectivity index (χ1v) is 10.7. The molecule has 1 saturated carbocycles. The molecule has 7 nitrogen and oxygen atoms in total. The molecular formula is C23H34O7. The molecule has 0 aromatic heterocycles. The van der Waals surface area contributed by atoms with E-state index >= 15 is 0 Å². The third-order valence-electron chi connectivity index (χ3n) is 6.18. The van der Waals surface area contributed by atoms with E-state index in [9.17, 15) is 24.9 Å². The zero-order chi connectivity index (χ0) is 22.4. The van der Waals surface area contributed by atoms with Crippen LogP contribution in [0.2, 0.25) is 0 Å². The number of ether oxygens (including phenoxy) is 1. The summed E-state index contributed by atoms with van der Waals surface area (Å²) in [5.41, 5.74) is -0.237. The second-order valence-electron chi connectivity index (χ2n) is 9.08. The van der Waals surface area contributed by atoms with Crippen molar-refractivity contribution < 1.29 is 34.8 Å². The predicted molar refractivity (Wildman–Crippen MR) is 112 cm³/mol. The van der Waals surface area contributed by atoms with Gasteiger partial charge in [-0.1, -0.05) is 12.8 Å². The Kier molecular flexibility index (Phi) is 7.98. The molecule has 0 radical (unpaired) electrons. The number of aromatic hydroxyl groups is 3. The van der Waals surface area contributed by atoms with E-state index in [4.69, 9.17) is 9.84 Å². The number of aryl methyl sites for hydroxylation is 1. The Morgan fingerprint density at radius 2 is 1.73 bits per heavy atom. The Hall–Kier alpha value is -2.44. The molecule has 0 unspecified atom stereocenters. The Labute approximate surface area is 177 Å². The van der Waals surface area contributed by atoms with E-state index in [2.05, 4.69) is 0 Å². The number of carbonyl (C=O) groups is 2. The van der Waals surface area contributed by atoms with Crippen molar-refractivity contribution in [2.45, 2.75) is 90.1 Å². The number of carbonyl (C=O) groups excluding carboxylic acids is 1. The smallest absolute Gasteiger partial charge is 0.309 e. The molecule has 1 aromatic rings. The van der Waals surface area contributed by atoms with E-state index in [1.54, 1.807) is 13.8 Å². The summed E-state index contributed by atoms with van der Waals surface area (Å²) in [5, 5.41) is 40.1. The third-order valence-corrected chi connectivity index (χ3v) is 6.18. The highest BCUT2D eigenvalue weighted by molar-refractivity contribution is 5.73. The fourth-order valence-electron chi connectivity index (χ4n) is 3.76. The summed E-state index contributed by atoms with van der Waals surface area (Å²) in [6.07, 6.45) is 7.77. The summed E-state index contributed by atoms with van der Waals surface area (Å²) in [6, 6.07) is 1.50. The lowest BCUT2D eigenvalue weighted by atomic mass is 9.87. The van der Waals surface area contributed by atoms with Crippen LogP contribution in [0.4, 0.5) is 0 Å². The van der Waals surface area contributed by atoms with Gasteiger partial charge in [-0.3, -0.25) is 9.59 Å². The molecule has 1 aliphatic carbocycles. The molecule has 1 aliphatic rings. The van der Waals surface area contributed by atoms with Crippen molar-refractivity contribution in [2.75, 3.05) is 0 Å². The monoisotopic (exact) mass is 422 g/mol. The molecule has 0 heterocycles. The third kappa shape index (κ3) is 6.28. The maximum atomic E-state index is 11.1. The average molecular weight is 423 g/mol. The molecule has 0 spiro atoms. The lowest BCUT2D eigenvalue weighted by molar-refractivity contribution is -0.147.